The van der Waals surface area contributed by atoms with Gasteiger partial charge in [-0.3, -0.25) is 0 Å². The Labute approximate surface area is 160 Å². The van der Waals surface area contributed by atoms with Crippen molar-refractivity contribution in [1.29, 1.82) is 0 Å². The molecule has 134 valence electrons. The van der Waals surface area contributed by atoms with Crippen molar-refractivity contribution in [3.05, 3.63) is 52.5 Å². The Morgan fingerprint density at radius 1 is 0.885 bits per heavy atom. The zero-order valence-corrected chi connectivity index (χ0v) is 15.6. The average molecular weight is 391 g/mol. The Kier molecular flexibility index (Phi) is 5.35. The van der Waals surface area contributed by atoms with E-state index in [1.807, 2.05) is 6.07 Å². The van der Waals surface area contributed by atoms with E-state index in [9.17, 15) is 0 Å². The molecule has 1 heterocycles. The number of anilines is 3. The molecule has 6 nitrogen and oxygen atoms in total. The van der Waals surface area contributed by atoms with Gasteiger partial charge in [0.15, 0.2) is 17.3 Å². The number of benzene rings is 2. The lowest BCUT2D eigenvalue weighted by Crippen LogP contribution is -2.01. The van der Waals surface area contributed by atoms with Crippen LogP contribution in [0.25, 0.3) is 11.4 Å². The van der Waals surface area contributed by atoms with Crippen LogP contribution in [-0.4, -0.2) is 24.2 Å². The summed E-state index contributed by atoms with van der Waals surface area (Å²) in [5, 5.41) is 4.16. The summed E-state index contributed by atoms with van der Waals surface area (Å²) < 4.78 is 10.6. The van der Waals surface area contributed by atoms with Crippen LogP contribution in [0.1, 0.15) is 0 Å². The summed E-state index contributed by atoms with van der Waals surface area (Å²) in [6.07, 6.45) is 0. The molecule has 8 heteroatoms. The van der Waals surface area contributed by atoms with E-state index >= 15 is 0 Å². The molecule has 0 spiro atoms. The molecular weight excluding hydrogens is 375 g/mol. The zero-order valence-electron chi connectivity index (χ0n) is 14.1. The zero-order chi connectivity index (χ0) is 18.7. The summed E-state index contributed by atoms with van der Waals surface area (Å²) in [4.78, 5) is 8.79. The molecule has 0 fully saturated rings. The largest absolute Gasteiger partial charge is 0.493 e. The molecule has 0 unspecified atom stereocenters. The molecule has 0 saturated carbocycles. The highest BCUT2D eigenvalue weighted by Crippen LogP contribution is 2.32. The number of nitrogens with zero attached hydrogens (tertiary/aromatic N) is 2. The van der Waals surface area contributed by atoms with E-state index in [4.69, 9.17) is 38.4 Å². The van der Waals surface area contributed by atoms with Crippen LogP contribution in [0.5, 0.6) is 11.5 Å². The maximum absolute atomic E-state index is 6.03. The minimum absolute atomic E-state index is 0.320. The number of rotatable bonds is 5. The highest BCUT2D eigenvalue weighted by atomic mass is 35.5. The lowest BCUT2D eigenvalue weighted by molar-refractivity contribution is 0.355. The van der Waals surface area contributed by atoms with Crippen molar-refractivity contribution < 1.29 is 9.47 Å². The SMILES string of the molecule is COc1ccc(-c2nc(N)cc(Nc3cc(Cl)cc(Cl)c3)n2)cc1OC. The Balaban J connectivity index is 1.97. The van der Waals surface area contributed by atoms with Gasteiger partial charge >= 0.3 is 0 Å². The molecule has 0 aliphatic carbocycles. The molecule has 3 aromatic rings. The highest BCUT2D eigenvalue weighted by Gasteiger charge is 2.11. The van der Waals surface area contributed by atoms with Crippen molar-refractivity contribution in [2.45, 2.75) is 0 Å². The summed E-state index contributed by atoms with van der Waals surface area (Å²) in [7, 11) is 3.14. The van der Waals surface area contributed by atoms with Gasteiger partial charge in [0.25, 0.3) is 0 Å². The number of nitrogens with one attached hydrogen (secondary N) is 1. The first-order valence-electron chi connectivity index (χ1n) is 7.58. The molecule has 0 radical (unpaired) electrons. The van der Waals surface area contributed by atoms with Gasteiger partial charge in [-0.15, -0.1) is 0 Å². The molecule has 3 N–H and O–H groups in total. The molecule has 0 amide bonds. The number of aromatic nitrogens is 2. The van der Waals surface area contributed by atoms with Crippen molar-refractivity contribution in [3.63, 3.8) is 0 Å². The lowest BCUT2D eigenvalue weighted by atomic mass is 10.2. The third-order valence-corrected chi connectivity index (χ3v) is 3.96. The van der Waals surface area contributed by atoms with Crippen LogP contribution in [0.4, 0.5) is 17.3 Å². The first-order valence-corrected chi connectivity index (χ1v) is 8.34. The summed E-state index contributed by atoms with van der Waals surface area (Å²) in [6, 6.07) is 12.1. The van der Waals surface area contributed by atoms with Gasteiger partial charge in [-0.25, -0.2) is 9.97 Å². The third-order valence-electron chi connectivity index (χ3n) is 3.52. The third kappa shape index (κ3) is 4.09. The summed E-state index contributed by atoms with van der Waals surface area (Å²) in [6.45, 7) is 0. The predicted octanol–water partition coefficient (Wildman–Crippen LogP) is 4.79. The van der Waals surface area contributed by atoms with Crippen molar-refractivity contribution in [2.24, 2.45) is 0 Å². The fraction of sp³-hybridized carbons (Fsp3) is 0.111. The lowest BCUT2D eigenvalue weighted by Gasteiger charge is -2.11. The molecule has 2 aromatic carbocycles. The minimum atomic E-state index is 0.320. The normalized spacial score (nSPS) is 10.5. The van der Waals surface area contributed by atoms with E-state index in [-0.39, 0.29) is 0 Å². The quantitative estimate of drug-likeness (QED) is 0.651. The van der Waals surface area contributed by atoms with Gasteiger partial charge in [-0.2, -0.15) is 0 Å². The molecule has 3 rings (SSSR count). The summed E-state index contributed by atoms with van der Waals surface area (Å²) in [5.74, 6) is 2.47. The number of nitrogens with two attached hydrogens (primary N) is 1. The second-order valence-electron chi connectivity index (χ2n) is 5.35. The first-order chi connectivity index (χ1) is 12.5. The van der Waals surface area contributed by atoms with Gasteiger partial charge in [0.05, 0.1) is 14.2 Å². The van der Waals surface area contributed by atoms with E-state index in [1.165, 1.54) is 0 Å². The van der Waals surface area contributed by atoms with Crippen LogP contribution in [0.3, 0.4) is 0 Å². The van der Waals surface area contributed by atoms with Crippen LogP contribution in [0.15, 0.2) is 42.5 Å². The Hall–Kier alpha value is -2.70. The van der Waals surface area contributed by atoms with Crippen LogP contribution in [0, 0.1) is 0 Å². The Bertz CT molecular complexity index is 930. The monoisotopic (exact) mass is 390 g/mol. The van der Waals surface area contributed by atoms with E-state index in [0.717, 1.165) is 5.56 Å². The van der Waals surface area contributed by atoms with Crippen molar-refractivity contribution in [2.75, 3.05) is 25.3 Å². The Morgan fingerprint density at radius 3 is 2.23 bits per heavy atom. The highest BCUT2D eigenvalue weighted by molar-refractivity contribution is 6.35. The van der Waals surface area contributed by atoms with Gasteiger partial charge in [0.2, 0.25) is 0 Å². The van der Waals surface area contributed by atoms with Crippen molar-refractivity contribution in [3.8, 4) is 22.9 Å². The van der Waals surface area contributed by atoms with Gasteiger partial charge in [-0.05, 0) is 36.4 Å². The fourth-order valence-corrected chi connectivity index (χ4v) is 2.93. The maximum Gasteiger partial charge on any atom is 0.163 e. The molecule has 0 atom stereocenters. The summed E-state index contributed by atoms with van der Waals surface area (Å²) >= 11 is 12.1. The Morgan fingerprint density at radius 2 is 1.58 bits per heavy atom. The average Bonchev–Trinajstić information content (AvgIpc) is 2.59. The minimum Gasteiger partial charge on any atom is -0.493 e. The maximum atomic E-state index is 6.03. The summed E-state index contributed by atoms with van der Waals surface area (Å²) in [5.41, 5.74) is 7.37. The van der Waals surface area contributed by atoms with Gasteiger partial charge in [0, 0.05) is 27.4 Å². The number of ether oxygens (including phenoxy) is 2. The van der Waals surface area contributed by atoms with Crippen LogP contribution in [0.2, 0.25) is 10.0 Å². The molecule has 0 aliphatic heterocycles. The number of halogens is 2. The van der Waals surface area contributed by atoms with E-state index < -0.39 is 0 Å². The van der Waals surface area contributed by atoms with Crippen LogP contribution in [-0.2, 0) is 0 Å². The molecule has 0 bridgehead atoms. The van der Waals surface area contributed by atoms with Crippen LogP contribution >= 0.6 is 23.2 Å². The topological polar surface area (TPSA) is 82.3 Å². The second-order valence-corrected chi connectivity index (χ2v) is 6.23. The van der Waals surface area contributed by atoms with E-state index in [1.54, 1.807) is 50.6 Å². The number of methoxy groups -OCH3 is 2. The predicted molar refractivity (Wildman–Crippen MR) is 105 cm³/mol. The van der Waals surface area contributed by atoms with Crippen molar-refractivity contribution >= 4 is 40.5 Å². The van der Waals surface area contributed by atoms with E-state index in [2.05, 4.69) is 15.3 Å². The van der Waals surface area contributed by atoms with Crippen LogP contribution < -0.4 is 20.5 Å². The standard InChI is InChI=1S/C18H16Cl2N4O2/c1-25-14-4-3-10(5-15(14)26-2)18-23-16(21)9-17(24-18)22-13-7-11(19)6-12(20)8-13/h3-9H,1-2H3,(H3,21,22,23,24). The number of nitrogen functional groups attached to an aromatic ring is 1. The fourth-order valence-electron chi connectivity index (χ4n) is 2.41. The molecule has 26 heavy (non-hydrogen) atoms. The molecule has 0 saturated heterocycles. The van der Waals surface area contributed by atoms with Gasteiger partial charge < -0.3 is 20.5 Å². The smallest absolute Gasteiger partial charge is 0.163 e. The number of hydrogen-bond acceptors (Lipinski definition) is 6. The molecule has 1 aromatic heterocycles. The second kappa shape index (κ2) is 7.68. The van der Waals surface area contributed by atoms with Gasteiger partial charge in [0.1, 0.15) is 11.6 Å². The number of hydrogen-bond donors (Lipinski definition) is 2. The van der Waals surface area contributed by atoms with E-state index in [0.29, 0.717) is 44.7 Å². The molecule has 0 aliphatic rings. The first kappa shape index (κ1) is 18.1. The van der Waals surface area contributed by atoms with Gasteiger partial charge in [-0.1, -0.05) is 23.2 Å². The molecular formula is C18H16Cl2N4O2. The van der Waals surface area contributed by atoms with Crippen molar-refractivity contribution in [1.82, 2.24) is 9.97 Å².